The Morgan fingerprint density at radius 2 is 2.11 bits per heavy atom. The molecule has 2 N–H and O–H groups in total. The van der Waals surface area contributed by atoms with Gasteiger partial charge in [-0.15, -0.1) is 0 Å². The van der Waals surface area contributed by atoms with Crippen LogP contribution in [0.25, 0.3) is 0 Å². The first-order chi connectivity index (χ1) is 8.69. The van der Waals surface area contributed by atoms with Crippen LogP contribution in [0.2, 0.25) is 5.02 Å². The average molecular weight is 265 g/mol. The number of methoxy groups -OCH3 is 1. The van der Waals surface area contributed by atoms with Crippen molar-refractivity contribution in [2.45, 2.75) is 6.61 Å². The van der Waals surface area contributed by atoms with Gasteiger partial charge in [0.05, 0.1) is 17.8 Å². The summed E-state index contributed by atoms with van der Waals surface area (Å²) in [5, 5.41) is 0.484. The van der Waals surface area contributed by atoms with E-state index >= 15 is 0 Å². The Bertz CT molecular complexity index is 546. The van der Waals surface area contributed by atoms with Gasteiger partial charge in [0.15, 0.2) is 0 Å². The second kappa shape index (κ2) is 5.60. The van der Waals surface area contributed by atoms with Crippen LogP contribution < -0.4 is 15.2 Å². The van der Waals surface area contributed by atoms with E-state index in [9.17, 15) is 0 Å². The summed E-state index contributed by atoms with van der Waals surface area (Å²) in [5.74, 6) is 1.13. The zero-order valence-electron chi connectivity index (χ0n) is 9.89. The monoisotopic (exact) mass is 264 g/mol. The molecule has 0 amide bonds. The van der Waals surface area contributed by atoms with E-state index in [1.807, 2.05) is 12.1 Å². The van der Waals surface area contributed by atoms with Crippen LogP contribution in [0.4, 0.5) is 5.69 Å². The second-order valence-corrected chi connectivity index (χ2v) is 4.06. The Balaban J connectivity index is 2.06. The fourth-order valence-electron chi connectivity index (χ4n) is 1.44. The lowest BCUT2D eigenvalue weighted by Gasteiger charge is -2.08. The predicted molar refractivity (Wildman–Crippen MR) is 71.0 cm³/mol. The number of anilines is 1. The van der Waals surface area contributed by atoms with Gasteiger partial charge in [-0.2, -0.15) is 0 Å². The van der Waals surface area contributed by atoms with E-state index < -0.39 is 0 Å². The summed E-state index contributed by atoms with van der Waals surface area (Å²) < 4.78 is 10.6. The fraction of sp³-hybridized carbons (Fsp3) is 0.154. The Morgan fingerprint density at radius 1 is 1.28 bits per heavy atom. The zero-order valence-corrected chi connectivity index (χ0v) is 10.6. The smallest absolute Gasteiger partial charge is 0.213 e. The lowest BCUT2D eigenvalue weighted by atomic mass is 10.3. The molecule has 0 spiro atoms. The number of halogens is 1. The van der Waals surface area contributed by atoms with Gasteiger partial charge in [0.1, 0.15) is 12.4 Å². The Morgan fingerprint density at radius 3 is 2.83 bits per heavy atom. The van der Waals surface area contributed by atoms with Gasteiger partial charge in [-0.1, -0.05) is 17.7 Å². The van der Waals surface area contributed by atoms with Gasteiger partial charge in [0.2, 0.25) is 5.88 Å². The molecule has 1 aromatic carbocycles. The molecule has 0 saturated carbocycles. The molecule has 2 rings (SSSR count). The van der Waals surface area contributed by atoms with Gasteiger partial charge in [0.25, 0.3) is 0 Å². The number of hydrogen-bond donors (Lipinski definition) is 1. The van der Waals surface area contributed by atoms with Crippen LogP contribution in [0.3, 0.4) is 0 Å². The third kappa shape index (κ3) is 3.05. The summed E-state index contributed by atoms with van der Waals surface area (Å²) >= 11 is 6.00. The highest BCUT2D eigenvalue weighted by atomic mass is 35.5. The second-order valence-electron chi connectivity index (χ2n) is 3.65. The lowest BCUT2D eigenvalue weighted by molar-refractivity contribution is 0.298. The lowest BCUT2D eigenvalue weighted by Crippen LogP contribution is -2.00. The van der Waals surface area contributed by atoms with Gasteiger partial charge < -0.3 is 15.2 Å². The van der Waals surface area contributed by atoms with Crippen molar-refractivity contribution in [2.75, 3.05) is 12.8 Å². The number of nitrogen functional groups attached to an aromatic ring is 1. The van der Waals surface area contributed by atoms with Crippen LogP contribution in [0.5, 0.6) is 11.6 Å². The molecule has 94 valence electrons. The van der Waals surface area contributed by atoms with Crippen molar-refractivity contribution in [1.29, 1.82) is 0 Å². The molecule has 0 aliphatic rings. The van der Waals surface area contributed by atoms with Gasteiger partial charge in [0, 0.05) is 11.8 Å². The molecule has 0 atom stereocenters. The molecular weight excluding hydrogens is 252 g/mol. The number of rotatable bonds is 4. The third-order valence-electron chi connectivity index (χ3n) is 2.32. The van der Waals surface area contributed by atoms with Crippen LogP contribution in [0.15, 0.2) is 36.4 Å². The molecule has 0 unspecified atom stereocenters. The van der Waals surface area contributed by atoms with Crippen LogP contribution in [0.1, 0.15) is 5.69 Å². The Hall–Kier alpha value is -1.94. The summed E-state index contributed by atoms with van der Waals surface area (Å²) in [6.07, 6.45) is 0. The van der Waals surface area contributed by atoms with Crippen molar-refractivity contribution in [3.8, 4) is 11.6 Å². The maximum Gasteiger partial charge on any atom is 0.213 e. The number of aromatic nitrogens is 1. The standard InChI is InChI=1S/C13H13ClN2O2/c1-17-13-4-2-3-10(16-13)8-18-12-6-5-9(15)7-11(12)14/h2-7H,8,15H2,1H3. The van der Waals surface area contributed by atoms with Crippen molar-refractivity contribution < 1.29 is 9.47 Å². The van der Waals surface area contributed by atoms with Crippen molar-refractivity contribution in [1.82, 2.24) is 4.98 Å². The largest absolute Gasteiger partial charge is 0.486 e. The number of ether oxygens (including phenoxy) is 2. The molecule has 4 nitrogen and oxygen atoms in total. The summed E-state index contributed by atoms with van der Waals surface area (Å²) in [7, 11) is 1.57. The van der Waals surface area contributed by atoms with E-state index in [1.54, 1.807) is 31.4 Å². The highest BCUT2D eigenvalue weighted by molar-refractivity contribution is 6.32. The topological polar surface area (TPSA) is 57.4 Å². The number of hydrogen-bond acceptors (Lipinski definition) is 4. The molecule has 2 aromatic rings. The average Bonchev–Trinajstić information content (AvgIpc) is 2.38. The maximum atomic E-state index is 6.00. The quantitative estimate of drug-likeness (QED) is 0.863. The molecule has 1 aromatic heterocycles. The molecule has 18 heavy (non-hydrogen) atoms. The Labute approximate surface area is 110 Å². The minimum absolute atomic E-state index is 0.320. The number of nitrogens with zero attached hydrogens (tertiary/aromatic N) is 1. The molecule has 0 aliphatic heterocycles. The first-order valence-corrected chi connectivity index (χ1v) is 5.74. The molecule has 0 radical (unpaired) electrons. The van der Waals surface area contributed by atoms with Gasteiger partial charge >= 0.3 is 0 Å². The third-order valence-corrected chi connectivity index (χ3v) is 2.62. The van der Waals surface area contributed by atoms with Crippen LogP contribution in [-0.2, 0) is 6.61 Å². The van der Waals surface area contributed by atoms with Crippen LogP contribution in [-0.4, -0.2) is 12.1 Å². The highest BCUT2D eigenvalue weighted by Crippen LogP contribution is 2.27. The fourth-order valence-corrected chi connectivity index (χ4v) is 1.68. The minimum atomic E-state index is 0.320. The van der Waals surface area contributed by atoms with E-state index in [4.69, 9.17) is 26.8 Å². The molecule has 0 fully saturated rings. The molecule has 0 bridgehead atoms. The first kappa shape index (κ1) is 12.5. The summed E-state index contributed by atoms with van der Waals surface area (Å²) in [6.45, 7) is 0.320. The summed E-state index contributed by atoms with van der Waals surface area (Å²) in [4.78, 5) is 4.24. The zero-order chi connectivity index (χ0) is 13.0. The van der Waals surface area contributed by atoms with Crippen molar-refractivity contribution in [3.63, 3.8) is 0 Å². The SMILES string of the molecule is COc1cccc(COc2ccc(N)cc2Cl)n1. The van der Waals surface area contributed by atoms with E-state index in [2.05, 4.69) is 4.98 Å². The number of benzene rings is 1. The maximum absolute atomic E-state index is 6.00. The molecule has 0 aliphatic carbocycles. The number of pyridine rings is 1. The normalized spacial score (nSPS) is 10.1. The van der Waals surface area contributed by atoms with Crippen molar-refractivity contribution >= 4 is 17.3 Å². The molecular formula is C13H13ClN2O2. The molecule has 1 heterocycles. The highest BCUT2D eigenvalue weighted by Gasteiger charge is 2.03. The van der Waals surface area contributed by atoms with E-state index in [-0.39, 0.29) is 0 Å². The minimum Gasteiger partial charge on any atom is -0.486 e. The van der Waals surface area contributed by atoms with Crippen LogP contribution >= 0.6 is 11.6 Å². The number of nitrogens with two attached hydrogens (primary N) is 1. The Kier molecular flexibility index (Phi) is 3.89. The van der Waals surface area contributed by atoms with Gasteiger partial charge in [-0.3, -0.25) is 0 Å². The summed E-state index contributed by atoms with van der Waals surface area (Å²) in [6, 6.07) is 10.6. The van der Waals surface area contributed by atoms with Gasteiger partial charge in [-0.25, -0.2) is 4.98 Å². The van der Waals surface area contributed by atoms with E-state index in [0.717, 1.165) is 5.69 Å². The van der Waals surface area contributed by atoms with E-state index in [1.165, 1.54) is 0 Å². The predicted octanol–water partition coefficient (Wildman–Crippen LogP) is 2.90. The van der Waals surface area contributed by atoms with Gasteiger partial charge in [-0.05, 0) is 24.3 Å². The van der Waals surface area contributed by atoms with Crippen molar-refractivity contribution in [3.05, 3.63) is 47.1 Å². The summed E-state index contributed by atoms with van der Waals surface area (Å²) in [5.41, 5.74) is 6.97. The molecule has 0 saturated heterocycles. The molecule has 5 heteroatoms. The first-order valence-electron chi connectivity index (χ1n) is 5.37. The van der Waals surface area contributed by atoms with Crippen LogP contribution in [0, 0.1) is 0 Å². The van der Waals surface area contributed by atoms with E-state index in [0.29, 0.717) is 28.9 Å². The van der Waals surface area contributed by atoms with Crippen molar-refractivity contribution in [2.24, 2.45) is 0 Å².